The second-order valence-corrected chi connectivity index (χ2v) is 7.00. The molecule has 0 unspecified atom stereocenters. The normalized spacial score (nSPS) is 26.0. The van der Waals surface area contributed by atoms with Crippen LogP contribution < -0.4 is 5.32 Å². The molecular weight excluding hydrogens is 294 g/mol. The number of likely N-dealkylation sites (tertiary alicyclic amines) is 1. The minimum absolute atomic E-state index is 0.0402. The van der Waals surface area contributed by atoms with Gasteiger partial charge >= 0.3 is 0 Å². The Kier molecular flexibility index (Phi) is 4.96. The van der Waals surface area contributed by atoms with E-state index in [4.69, 9.17) is 0 Å². The van der Waals surface area contributed by atoms with E-state index in [-0.39, 0.29) is 11.9 Å². The number of carbonyl (C=O) groups is 1. The zero-order chi connectivity index (χ0) is 16.4. The fourth-order valence-electron chi connectivity index (χ4n) is 3.63. The third kappa shape index (κ3) is 3.72. The second kappa shape index (κ2) is 6.97. The number of amides is 1. The maximum absolute atomic E-state index is 11.1. The highest BCUT2D eigenvalue weighted by molar-refractivity contribution is 5.73. The van der Waals surface area contributed by atoms with Crippen molar-refractivity contribution >= 4 is 5.91 Å². The van der Waals surface area contributed by atoms with E-state index in [0.717, 1.165) is 57.0 Å². The van der Waals surface area contributed by atoms with Crippen LogP contribution in [0.15, 0.2) is 0 Å². The van der Waals surface area contributed by atoms with Gasteiger partial charge in [-0.05, 0) is 44.7 Å². The van der Waals surface area contributed by atoms with Crippen molar-refractivity contribution < 1.29 is 9.90 Å². The summed E-state index contributed by atoms with van der Waals surface area (Å²) in [7, 11) is 2.04. The summed E-state index contributed by atoms with van der Waals surface area (Å²) in [6, 6.07) is 0.287. The molecule has 2 N–H and O–H groups in total. The zero-order valence-electron chi connectivity index (χ0n) is 14.0. The highest BCUT2D eigenvalue weighted by Crippen LogP contribution is 2.35. The third-order valence-corrected chi connectivity index (χ3v) is 5.24. The molecule has 1 aliphatic carbocycles. The van der Waals surface area contributed by atoms with Crippen molar-refractivity contribution in [3.63, 3.8) is 0 Å². The summed E-state index contributed by atoms with van der Waals surface area (Å²) in [5.41, 5.74) is 0. The van der Waals surface area contributed by atoms with Crippen molar-refractivity contribution in [3.05, 3.63) is 11.6 Å². The Balaban J connectivity index is 1.53. The molecule has 2 fully saturated rings. The lowest BCUT2D eigenvalue weighted by molar-refractivity contribution is -0.120. The van der Waals surface area contributed by atoms with Gasteiger partial charge in [0.15, 0.2) is 0 Å². The largest absolute Gasteiger partial charge is 0.396 e. The molecule has 0 bridgehead atoms. The molecule has 7 nitrogen and oxygen atoms in total. The fraction of sp³-hybridized carbons (Fsp3) is 0.812. The van der Waals surface area contributed by atoms with Crippen LogP contribution in [0, 0.1) is 5.92 Å². The molecule has 0 aromatic carbocycles. The highest BCUT2D eigenvalue weighted by atomic mass is 16.3. The smallest absolute Gasteiger partial charge is 0.217 e. The lowest BCUT2D eigenvalue weighted by atomic mass is 9.79. The van der Waals surface area contributed by atoms with Crippen LogP contribution in [0.1, 0.15) is 50.2 Å². The Morgan fingerprint density at radius 3 is 2.61 bits per heavy atom. The van der Waals surface area contributed by atoms with Gasteiger partial charge < -0.3 is 15.0 Å². The minimum Gasteiger partial charge on any atom is -0.396 e. The third-order valence-electron chi connectivity index (χ3n) is 5.24. The number of aromatic nitrogens is 3. The molecule has 0 spiro atoms. The summed E-state index contributed by atoms with van der Waals surface area (Å²) in [6.07, 6.45) is 4.02. The number of aliphatic hydroxyl groups is 1. The van der Waals surface area contributed by atoms with Crippen molar-refractivity contribution in [2.24, 2.45) is 13.0 Å². The van der Waals surface area contributed by atoms with E-state index in [9.17, 15) is 9.90 Å². The number of piperidine rings is 1. The molecule has 2 heterocycles. The molecule has 0 radical (unpaired) electrons. The predicted octanol–water partition coefficient (Wildman–Crippen LogP) is 0.402. The molecule has 3 rings (SSSR count). The molecule has 2 aliphatic rings. The number of nitrogens with zero attached hydrogens (tertiary/aromatic N) is 4. The van der Waals surface area contributed by atoms with Gasteiger partial charge in [0.05, 0.1) is 6.54 Å². The van der Waals surface area contributed by atoms with Crippen LogP contribution in [0.5, 0.6) is 0 Å². The lowest BCUT2D eigenvalue weighted by Crippen LogP contribution is -2.43. The molecule has 0 atom stereocenters. The lowest BCUT2D eigenvalue weighted by Gasteiger charge is -2.35. The summed E-state index contributed by atoms with van der Waals surface area (Å²) in [6.45, 7) is 4.72. The Hall–Kier alpha value is -1.47. The van der Waals surface area contributed by atoms with E-state index in [1.807, 2.05) is 7.05 Å². The van der Waals surface area contributed by atoms with Gasteiger partial charge in [0.2, 0.25) is 5.91 Å². The summed E-state index contributed by atoms with van der Waals surface area (Å²) >= 11 is 0. The van der Waals surface area contributed by atoms with Crippen molar-refractivity contribution in [1.29, 1.82) is 0 Å². The van der Waals surface area contributed by atoms with Gasteiger partial charge in [0.1, 0.15) is 11.6 Å². The first-order valence-corrected chi connectivity index (χ1v) is 8.55. The van der Waals surface area contributed by atoms with Crippen LogP contribution in [-0.4, -0.2) is 56.4 Å². The molecule has 1 saturated heterocycles. The molecular formula is C16H27N5O2. The van der Waals surface area contributed by atoms with E-state index >= 15 is 0 Å². The van der Waals surface area contributed by atoms with Crippen LogP contribution in [0.2, 0.25) is 0 Å². The van der Waals surface area contributed by atoms with Crippen LogP contribution in [0.4, 0.5) is 0 Å². The summed E-state index contributed by atoms with van der Waals surface area (Å²) in [5, 5.41) is 20.9. The van der Waals surface area contributed by atoms with Gasteiger partial charge in [-0.3, -0.25) is 9.69 Å². The van der Waals surface area contributed by atoms with Crippen molar-refractivity contribution in [2.75, 3.05) is 19.7 Å². The average Bonchev–Trinajstić information content (AvgIpc) is 2.84. The number of rotatable bonds is 5. The zero-order valence-corrected chi connectivity index (χ0v) is 14.0. The maximum atomic E-state index is 11.1. The molecule has 1 aromatic heterocycles. The Morgan fingerprint density at radius 1 is 1.30 bits per heavy atom. The first kappa shape index (κ1) is 16.4. The second-order valence-electron chi connectivity index (χ2n) is 7.00. The number of carbonyl (C=O) groups excluding carboxylic acids is 1. The molecule has 1 aliphatic heterocycles. The van der Waals surface area contributed by atoms with E-state index in [1.54, 1.807) is 6.92 Å². The molecule has 7 heteroatoms. The topological polar surface area (TPSA) is 83.3 Å². The summed E-state index contributed by atoms with van der Waals surface area (Å²) < 4.78 is 2.12. The van der Waals surface area contributed by atoms with Crippen LogP contribution in [0.3, 0.4) is 0 Å². The first-order valence-electron chi connectivity index (χ1n) is 8.55. The summed E-state index contributed by atoms with van der Waals surface area (Å²) in [4.78, 5) is 13.5. The van der Waals surface area contributed by atoms with Crippen LogP contribution >= 0.6 is 0 Å². The minimum atomic E-state index is 0.0402. The van der Waals surface area contributed by atoms with Crippen LogP contribution in [0.25, 0.3) is 0 Å². The van der Waals surface area contributed by atoms with Gasteiger partial charge in [-0.1, -0.05) is 0 Å². The van der Waals surface area contributed by atoms with Crippen molar-refractivity contribution in [2.45, 2.75) is 51.1 Å². The van der Waals surface area contributed by atoms with Gasteiger partial charge in [-0.25, -0.2) is 0 Å². The average molecular weight is 321 g/mol. The number of hydrogen-bond donors (Lipinski definition) is 2. The molecule has 1 amide bonds. The number of hydrogen-bond acceptors (Lipinski definition) is 5. The Bertz CT molecular complexity index is 545. The summed E-state index contributed by atoms with van der Waals surface area (Å²) in [5.74, 6) is 2.94. The highest BCUT2D eigenvalue weighted by Gasteiger charge is 2.34. The quantitative estimate of drug-likeness (QED) is 0.820. The van der Waals surface area contributed by atoms with E-state index < -0.39 is 0 Å². The molecule has 1 saturated carbocycles. The maximum Gasteiger partial charge on any atom is 0.217 e. The van der Waals surface area contributed by atoms with Crippen molar-refractivity contribution in [1.82, 2.24) is 25.0 Å². The van der Waals surface area contributed by atoms with Crippen LogP contribution in [-0.2, 0) is 18.4 Å². The first-order chi connectivity index (χ1) is 11.1. The van der Waals surface area contributed by atoms with Gasteiger partial charge in [0, 0.05) is 32.5 Å². The standard InChI is InChI=1S/C16H27N5O2/c1-11(23)17-14-7-13(8-14)16-19-18-15(20(16)2)9-21-5-3-12(10-22)4-6-21/h12-14,22H,3-10H2,1-2H3,(H,17,23). The van der Waals surface area contributed by atoms with Crippen molar-refractivity contribution in [3.8, 4) is 0 Å². The number of nitrogens with one attached hydrogen (secondary N) is 1. The Morgan fingerprint density at radius 2 is 2.00 bits per heavy atom. The Labute approximate surface area is 137 Å². The molecule has 23 heavy (non-hydrogen) atoms. The fourth-order valence-corrected chi connectivity index (χ4v) is 3.63. The SMILES string of the molecule is CC(=O)NC1CC(c2nnc(CN3CCC(CO)CC3)n2C)C1. The van der Waals surface area contributed by atoms with Gasteiger partial charge in [-0.15, -0.1) is 10.2 Å². The predicted molar refractivity (Wildman–Crippen MR) is 85.7 cm³/mol. The molecule has 1 aromatic rings. The van der Waals surface area contributed by atoms with E-state index in [1.165, 1.54) is 0 Å². The number of aliphatic hydroxyl groups excluding tert-OH is 1. The molecule has 128 valence electrons. The van der Waals surface area contributed by atoms with Gasteiger partial charge in [-0.2, -0.15) is 0 Å². The van der Waals surface area contributed by atoms with E-state index in [0.29, 0.717) is 18.4 Å². The monoisotopic (exact) mass is 321 g/mol. The van der Waals surface area contributed by atoms with E-state index in [2.05, 4.69) is 25.0 Å². The van der Waals surface area contributed by atoms with Gasteiger partial charge in [0.25, 0.3) is 0 Å².